The number of amides is 2. The van der Waals surface area contributed by atoms with E-state index >= 15 is 0 Å². The Hall–Kier alpha value is -3.48. The molecule has 28 heavy (non-hydrogen) atoms. The van der Waals surface area contributed by atoms with Crippen LogP contribution < -0.4 is 10.2 Å². The van der Waals surface area contributed by atoms with Crippen molar-refractivity contribution in [3.8, 4) is 0 Å². The number of rotatable bonds is 7. The number of nitrogens with zero attached hydrogens (tertiary/aromatic N) is 1. The van der Waals surface area contributed by atoms with Crippen LogP contribution in [0.25, 0.3) is 0 Å². The molecule has 146 valence electrons. The lowest BCUT2D eigenvalue weighted by atomic mass is 10.1. The molecule has 2 amide bonds. The standard InChI is InChI=1S/C21H22N2O5/c1-14(24)16-6-4-8-18(12-16)22-20(26)10-11-23(15(2)25)19-9-5-7-17(13-19)21(27)28-3/h4-9,12-13H,10-11H2,1-3H3,(H,22,26). The number of nitrogens with one attached hydrogen (secondary N) is 1. The minimum Gasteiger partial charge on any atom is -0.465 e. The second kappa shape index (κ2) is 9.45. The van der Waals surface area contributed by atoms with Gasteiger partial charge in [0.05, 0.1) is 12.7 Å². The van der Waals surface area contributed by atoms with Crippen LogP contribution in [-0.4, -0.2) is 37.2 Å². The highest BCUT2D eigenvalue weighted by Gasteiger charge is 2.16. The number of hydrogen-bond acceptors (Lipinski definition) is 5. The number of ether oxygens (including phenoxy) is 1. The molecule has 0 aliphatic heterocycles. The van der Waals surface area contributed by atoms with E-state index in [1.54, 1.807) is 48.5 Å². The summed E-state index contributed by atoms with van der Waals surface area (Å²) in [5.74, 6) is -1.15. The van der Waals surface area contributed by atoms with Crippen molar-refractivity contribution in [1.82, 2.24) is 0 Å². The Morgan fingerprint density at radius 1 is 0.964 bits per heavy atom. The normalized spacial score (nSPS) is 10.1. The highest BCUT2D eigenvalue weighted by atomic mass is 16.5. The Labute approximate surface area is 163 Å². The van der Waals surface area contributed by atoms with E-state index in [9.17, 15) is 19.2 Å². The molecule has 0 saturated carbocycles. The molecular weight excluding hydrogens is 360 g/mol. The Bertz CT molecular complexity index is 907. The average Bonchev–Trinajstić information content (AvgIpc) is 2.67. The van der Waals surface area contributed by atoms with E-state index in [-0.39, 0.29) is 30.6 Å². The molecule has 0 aliphatic rings. The molecule has 7 heteroatoms. The molecule has 0 aromatic heterocycles. The molecule has 2 aromatic rings. The van der Waals surface area contributed by atoms with Crippen LogP contribution in [0.1, 0.15) is 41.0 Å². The van der Waals surface area contributed by atoms with Gasteiger partial charge in [0.15, 0.2) is 5.78 Å². The van der Waals surface area contributed by atoms with E-state index in [0.717, 1.165) is 0 Å². The van der Waals surface area contributed by atoms with Gasteiger partial charge >= 0.3 is 5.97 Å². The number of Topliss-reactive ketones (excluding diaryl/α,β-unsaturated/α-hetero) is 1. The monoisotopic (exact) mass is 382 g/mol. The lowest BCUT2D eigenvalue weighted by Crippen LogP contribution is -2.32. The van der Waals surface area contributed by atoms with Crippen molar-refractivity contribution in [1.29, 1.82) is 0 Å². The van der Waals surface area contributed by atoms with Crippen LogP contribution in [0, 0.1) is 0 Å². The third-order valence-corrected chi connectivity index (χ3v) is 4.07. The summed E-state index contributed by atoms with van der Waals surface area (Å²) in [6.07, 6.45) is 0.0479. The largest absolute Gasteiger partial charge is 0.465 e. The van der Waals surface area contributed by atoms with Crippen LogP contribution in [0.2, 0.25) is 0 Å². The van der Waals surface area contributed by atoms with E-state index in [1.165, 1.54) is 25.9 Å². The van der Waals surface area contributed by atoms with E-state index < -0.39 is 5.97 Å². The quantitative estimate of drug-likeness (QED) is 0.587. The van der Waals surface area contributed by atoms with Crippen LogP contribution in [0.5, 0.6) is 0 Å². The topological polar surface area (TPSA) is 92.8 Å². The maximum absolute atomic E-state index is 12.3. The molecule has 0 unspecified atom stereocenters. The first-order valence-electron chi connectivity index (χ1n) is 8.69. The van der Waals surface area contributed by atoms with Gasteiger partial charge in [0.1, 0.15) is 0 Å². The van der Waals surface area contributed by atoms with E-state index in [1.807, 2.05) is 0 Å². The zero-order chi connectivity index (χ0) is 20.7. The van der Waals surface area contributed by atoms with Crippen LogP contribution in [0.4, 0.5) is 11.4 Å². The van der Waals surface area contributed by atoms with Crippen molar-refractivity contribution in [2.24, 2.45) is 0 Å². The minimum absolute atomic E-state index is 0.0479. The third kappa shape index (κ3) is 5.51. The first kappa shape index (κ1) is 20.8. The second-order valence-corrected chi connectivity index (χ2v) is 6.15. The third-order valence-electron chi connectivity index (χ3n) is 4.07. The van der Waals surface area contributed by atoms with E-state index in [0.29, 0.717) is 22.5 Å². The summed E-state index contributed by atoms with van der Waals surface area (Å²) in [6, 6.07) is 13.1. The number of ketones is 1. The van der Waals surface area contributed by atoms with Gasteiger partial charge in [-0.05, 0) is 37.3 Å². The fourth-order valence-corrected chi connectivity index (χ4v) is 2.64. The molecule has 7 nitrogen and oxygen atoms in total. The molecule has 0 spiro atoms. The molecule has 0 fully saturated rings. The Morgan fingerprint density at radius 3 is 2.29 bits per heavy atom. The summed E-state index contributed by atoms with van der Waals surface area (Å²) in [5.41, 5.74) is 1.83. The predicted octanol–water partition coefficient (Wildman–Crippen LogP) is 3.06. The van der Waals surface area contributed by atoms with Crippen molar-refractivity contribution in [3.05, 3.63) is 59.7 Å². The average molecular weight is 382 g/mol. The number of carbonyl (C=O) groups excluding carboxylic acids is 4. The summed E-state index contributed by atoms with van der Waals surface area (Å²) in [6.45, 7) is 2.98. The summed E-state index contributed by atoms with van der Waals surface area (Å²) < 4.78 is 4.69. The summed E-state index contributed by atoms with van der Waals surface area (Å²) >= 11 is 0. The highest BCUT2D eigenvalue weighted by Crippen LogP contribution is 2.18. The van der Waals surface area contributed by atoms with Crippen LogP contribution in [0.3, 0.4) is 0 Å². The maximum atomic E-state index is 12.3. The smallest absolute Gasteiger partial charge is 0.337 e. The van der Waals surface area contributed by atoms with E-state index in [2.05, 4.69) is 5.32 Å². The fourth-order valence-electron chi connectivity index (χ4n) is 2.64. The van der Waals surface area contributed by atoms with Crippen molar-refractivity contribution < 1.29 is 23.9 Å². The molecule has 0 heterocycles. The van der Waals surface area contributed by atoms with Gasteiger partial charge in [0, 0.05) is 36.8 Å². The van der Waals surface area contributed by atoms with Crippen molar-refractivity contribution in [2.45, 2.75) is 20.3 Å². The van der Waals surface area contributed by atoms with Gasteiger partial charge in [0.25, 0.3) is 0 Å². The van der Waals surface area contributed by atoms with E-state index in [4.69, 9.17) is 4.74 Å². The van der Waals surface area contributed by atoms with Gasteiger partial charge in [-0.2, -0.15) is 0 Å². The molecule has 0 atom stereocenters. The highest BCUT2D eigenvalue weighted by molar-refractivity contribution is 5.98. The SMILES string of the molecule is COC(=O)c1cccc(N(CCC(=O)Nc2cccc(C(C)=O)c2)C(C)=O)c1. The molecule has 0 aliphatic carbocycles. The van der Waals surface area contributed by atoms with Crippen molar-refractivity contribution in [3.63, 3.8) is 0 Å². The number of anilines is 2. The molecule has 2 aromatic carbocycles. The summed E-state index contributed by atoms with van der Waals surface area (Å²) in [7, 11) is 1.28. The van der Waals surface area contributed by atoms with Gasteiger partial charge in [-0.1, -0.05) is 18.2 Å². The summed E-state index contributed by atoms with van der Waals surface area (Å²) in [4.78, 5) is 48.8. The number of carbonyl (C=O) groups is 4. The Kier molecular flexibility index (Phi) is 7.03. The van der Waals surface area contributed by atoms with Crippen molar-refractivity contribution in [2.75, 3.05) is 23.9 Å². The van der Waals surface area contributed by atoms with Gasteiger partial charge in [-0.25, -0.2) is 4.79 Å². The first-order valence-corrected chi connectivity index (χ1v) is 8.69. The molecular formula is C21H22N2O5. The predicted molar refractivity (Wildman–Crippen MR) is 106 cm³/mol. The Morgan fingerprint density at radius 2 is 1.64 bits per heavy atom. The number of methoxy groups -OCH3 is 1. The minimum atomic E-state index is -0.506. The van der Waals surface area contributed by atoms with Gasteiger partial charge in [-0.3, -0.25) is 14.4 Å². The van der Waals surface area contributed by atoms with Crippen LogP contribution >= 0.6 is 0 Å². The molecule has 0 saturated heterocycles. The number of esters is 1. The molecule has 0 bridgehead atoms. The zero-order valence-electron chi connectivity index (χ0n) is 16.0. The van der Waals surface area contributed by atoms with Gasteiger partial charge < -0.3 is 15.0 Å². The number of hydrogen-bond donors (Lipinski definition) is 1. The lowest BCUT2D eigenvalue weighted by Gasteiger charge is -2.21. The van der Waals surface area contributed by atoms with Gasteiger partial charge in [0.2, 0.25) is 11.8 Å². The van der Waals surface area contributed by atoms with Crippen molar-refractivity contribution >= 4 is 34.9 Å². The molecule has 1 N–H and O–H groups in total. The first-order chi connectivity index (χ1) is 13.3. The summed E-state index contributed by atoms with van der Waals surface area (Å²) in [5, 5.41) is 2.72. The molecule has 2 rings (SSSR count). The van der Waals surface area contributed by atoms with Crippen LogP contribution in [0.15, 0.2) is 48.5 Å². The lowest BCUT2D eigenvalue weighted by molar-refractivity contribution is -0.117. The number of benzene rings is 2. The maximum Gasteiger partial charge on any atom is 0.337 e. The second-order valence-electron chi connectivity index (χ2n) is 6.15. The van der Waals surface area contributed by atoms with Crippen LogP contribution in [-0.2, 0) is 14.3 Å². The zero-order valence-corrected chi connectivity index (χ0v) is 16.0. The van der Waals surface area contributed by atoms with Gasteiger partial charge in [-0.15, -0.1) is 0 Å². The Balaban J connectivity index is 2.06. The molecule has 0 radical (unpaired) electrons. The fraction of sp³-hybridized carbons (Fsp3) is 0.238.